The molecule has 4 atom stereocenters. The normalized spacial score (nSPS) is 13.7. The first kappa shape index (κ1) is 46.6. The molecule has 14 N–H and O–H groups in total. The van der Waals surface area contributed by atoms with Gasteiger partial charge in [-0.1, -0.05) is 51.4 Å². The number of aliphatic carboxylic acids is 1. The molecule has 287 valence electrons. The smallest absolute Gasteiger partial charge is 0.326 e. The van der Waals surface area contributed by atoms with Gasteiger partial charge in [-0.2, -0.15) is 0 Å². The van der Waals surface area contributed by atoms with E-state index in [0.717, 1.165) is 38.9 Å². The molecule has 0 aromatic heterocycles. The Hall–Kier alpha value is -2.36. The van der Waals surface area contributed by atoms with Crippen LogP contribution in [0.2, 0.25) is 0 Å². The van der Waals surface area contributed by atoms with Crippen molar-refractivity contribution in [3.05, 3.63) is 0 Å². The number of carboxylic acid groups (broad SMARTS) is 1. The van der Waals surface area contributed by atoms with Gasteiger partial charge in [0, 0.05) is 0 Å². The van der Waals surface area contributed by atoms with Crippen molar-refractivity contribution in [2.45, 2.75) is 159 Å². The molecule has 0 heterocycles. The lowest BCUT2D eigenvalue weighted by atomic mass is 10.0. The molecule has 0 saturated carbocycles. The van der Waals surface area contributed by atoms with Gasteiger partial charge < -0.3 is 49.3 Å². The zero-order valence-electron chi connectivity index (χ0n) is 30.3. The van der Waals surface area contributed by atoms with E-state index in [0.29, 0.717) is 77.4 Å². The molecule has 0 aliphatic rings. The van der Waals surface area contributed by atoms with Crippen molar-refractivity contribution in [2.75, 3.05) is 39.3 Å². The monoisotopic (exact) mass is 699 g/mol. The van der Waals surface area contributed by atoms with Gasteiger partial charge in [0.25, 0.3) is 0 Å². The standard InChI is InChI=1S/C35H72N9O5/c36-22-12-6-4-2-1-3-5-7-16-26-41-27-17-11-18-28(40)32(45)42-29(19-8-13-23-37)33(46)43-30(20-9-14-24-38)34(47)44-31(35(48)49)21-10-15-25-39/h28-31,40-41H,1-27,36-39H2,(H,42,45)(H,43,46)(H,44,47)(H,48,49). The molecule has 0 aromatic rings. The van der Waals surface area contributed by atoms with E-state index in [2.05, 4.69) is 21.3 Å². The van der Waals surface area contributed by atoms with Crippen LogP contribution in [0.1, 0.15) is 135 Å². The minimum Gasteiger partial charge on any atom is -0.480 e. The second-order valence-corrected chi connectivity index (χ2v) is 13.1. The molecule has 1 radical (unpaired) electrons. The highest BCUT2D eigenvalue weighted by atomic mass is 16.4. The van der Waals surface area contributed by atoms with Gasteiger partial charge in [-0.3, -0.25) is 14.4 Å². The number of rotatable bonds is 35. The number of nitrogens with one attached hydrogen (secondary N) is 5. The molecule has 14 nitrogen and oxygen atoms in total. The molecule has 49 heavy (non-hydrogen) atoms. The summed E-state index contributed by atoms with van der Waals surface area (Å²) in [6.45, 7) is 3.86. The predicted octanol–water partition coefficient (Wildman–Crippen LogP) is 1.79. The zero-order chi connectivity index (χ0) is 36.5. The first-order valence-corrected chi connectivity index (χ1v) is 19.1. The van der Waals surface area contributed by atoms with Crippen LogP contribution < -0.4 is 49.9 Å². The van der Waals surface area contributed by atoms with Gasteiger partial charge in [0.1, 0.15) is 18.1 Å². The molecule has 0 aromatic carbocycles. The summed E-state index contributed by atoms with van der Waals surface area (Å²) in [7, 11) is 0. The van der Waals surface area contributed by atoms with E-state index >= 15 is 0 Å². The molecule has 0 spiro atoms. The molecule has 4 unspecified atom stereocenters. The molecule has 0 saturated heterocycles. The molecule has 3 amide bonds. The Labute approximate surface area is 295 Å². The third-order valence-corrected chi connectivity index (χ3v) is 8.69. The summed E-state index contributed by atoms with van der Waals surface area (Å²) in [5, 5.41) is 21.1. The van der Waals surface area contributed by atoms with E-state index in [1.807, 2.05) is 0 Å². The lowest BCUT2D eigenvalue weighted by Gasteiger charge is -2.25. The van der Waals surface area contributed by atoms with Gasteiger partial charge in [0.15, 0.2) is 0 Å². The van der Waals surface area contributed by atoms with Crippen molar-refractivity contribution in [1.29, 1.82) is 0 Å². The molecule has 0 fully saturated rings. The van der Waals surface area contributed by atoms with Crippen LogP contribution in [0.15, 0.2) is 0 Å². The van der Waals surface area contributed by atoms with Gasteiger partial charge in [0.2, 0.25) is 17.7 Å². The van der Waals surface area contributed by atoms with Crippen molar-refractivity contribution < 1.29 is 24.3 Å². The zero-order valence-corrected chi connectivity index (χ0v) is 30.3. The molecule has 0 rings (SSSR count). The molecular weight excluding hydrogens is 626 g/mol. The largest absolute Gasteiger partial charge is 0.480 e. The van der Waals surface area contributed by atoms with Crippen molar-refractivity contribution in [3.63, 3.8) is 0 Å². The fraction of sp³-hybridized carbons (Fsp3) is 0.886. The Kier molecular flexibility index (Phi) is 31.2. The minimum absolute atomic E-state index is 0.219. The van der Waals surface area contributed by atoms with E-state index in [4.69, 9.17) is 28.7 Å². The maximum absolute atomic E-state index is 13.4. The summed E-state index contributed by atoms with van der Waals surface area (Å²) >= 11 is 0. The number of amides is 3. The van der Waals surface area contributed by atoms with E-state index in [-0.39, 0.29) is 12.8 Å². The maximum Gasteiger partial charge on any atom is 0.326 e. The average molecular weight is 699 g/mol. The lowest BCUT2D eigenvalue weighted by molar-refractivity contribution is -0.142. The van der Waals surface area contributed by atoms with Crippen molar-refractivity contribution >= 4 is 23.7 Å². The van der Waals surface area contributed by atoms with E-state index in [1.165, 1.54) is 44.9 Å². The Morgan fingerprint density at radius 3 is 1.22 bits per heavy atom. The third-order valence-electron chi connectivity index (χ3n) is 8.69. The number of unbranched alkanes of at least 4 members (excludes halogenated alkanes) is 12. The Morgan fingerprint density at radius 1 is 0.449 bits per heavy atom. The summed E-state index contributed by atoms with van der Waals surface area (Å²) < 4.78 is 0. The first-order chi connectivity index (χ1) is 23.7. The highest BCUT2D eigenvalue weighted by Gasteiger charge is 2.30. The van der Waals surface area contributed by atoms with Crippen LogP contribution in [0.4, 0.5) is 0 Å². The maximum atomic E-state index is 13.4. The highest BCUT2D eigenvalue weighted by Crippen LogP contribution is 2.10. The van der Waals surface area contributed by atoms with E-state index in [1.54, 1.807) is 0 Å². The van der Waals surface area contributed by atoms with Gasteiger partial charge in [-0.25, -0.2) is 10.5 Å². The molecular formula is C35H72N9O5. The summed E-state index contributed by atoms with van der Waals surface area (Å²) in [4.78, 5) is 51.3. The number of hydrogen-bond acceptors (Lipinski definition) is 9. The Bertz CT molecular complexity index is 852. The number of carbonyl (C=O) groups is 4. The number of carbonyl (C=O) groups excluding carboxylic acids is 3. The van der Waals surface area contributed by atoms with Crippen molar-refractivity contribution in [3.8, 4) is 0 Å². The summed E-state index contributed by atoms with van der Waals surface area (Å²) in [6, 6.07) is -4.08. The van der Waals surface area contributed by atoms with Crippen molar-refractivity contribution in [1.82, 2.24) is 27.0 Å². The highest BCUT2D eigenvalue weighted by molar-refractivity contribution is 5.94. The van der Waals surface area contributed by atoms with Crippen LogP contribution in [0.5, 0.6) is 0 Å². The van der Waals surface area contributed by atoms with Crippen LogP contribution in [-0.2, 0) is 19.2 Å². The third kappa shape index (κ3) is 26.2. The minimum atomic E-state index is -1.16. The van der Waals surface area contributed by atoms with Gasteiger partial charge in [0.05, 0.1) is 6.04 Å². The molecule has 0 bridgehead atoms. The van der Waals surface area contributed by atoms with E-state index in [9.17, 15) is 24.3 Å². The van der Waals surface area contributed by atoms with Gasteiger partial charge in [-0.05, 0) is 123 Å². The molecule has 0 aliphatic carbocycles. The van der Waals surface area contributed by atoms with Crippen LogP contribution in [0.25, 0.3) is 0 Å². The fourth-order valence-electron chi connectivity index (χ4n) is 5.58. The van der Waals surface area contributed by atoms with Gasteiger partial charge >= 0.3 is 5.97 Å². The predicted molar refractivity (Wildman–Crippen MR) is 196 cm³/mol. The second-order valence-electron chi connectivity index (χ2n) is 13.1. The number of hydrogen-bond donors (Lipinski definition) is 9. The Morgan fingerprint density at radius 2 is 0.776 bits per heavy atom. The number of nitrogens with two attached hydrogens (primary N) is 4. The summed E-state index contributed by atoms with van der Waals surface area (Å²) in [6.07, 6.45) is 17.5. The van der Waals surface area contributed by atoms with Crippen LogP contribution in [0, 0.1) is 0 Å². The van der Waals surface area contributed by atoms with Crippen LogP contribution in [0.3, 0.4) is 0 Å². The fourth-order valence-corrected chi connectivity index (χ4v) is 5.58. The average Bonchev–Trinajstić information content (AvgIpc) is 3.08. The molecule has 0 aliphatic heterocycles. The molecule has 14 heteroatoms. The first-order valence-electron chi connectivity index (χ1n) is 19.1. The Balaban J connectivity index is 4.81. The lowest BCUT2D eigenvalue weighted by Crippen LogP contribution is -2.56. The van der Waals surface area contributed by atoms with Crippen molar-refractivity contribution in [2.24, 2.45) is 22.9 Å². The summed E-state index contributed by atoms with van der Waals surface area (Å²) in [5.41, 5.74) is 30.7. The SMILES string of the molecule is [NH]C(CCCCNCCCCCCCCCCCN)C(=O)NC(CCCCN)C(=O)NC(CCCCN)C(=O)NC(CCCCN)C(=O)O. The van der Waals surface area contributed by atoms with Crippen LogP contribution >= 0.6 is 0 Å². The van der Waals surface area contributed by atoms with Gasteiger partial charge in [-0.15, -0.1) is 0 Å². The van der Waals surface area contributed by atoms with Crippen LogP contribution in [-0.4, -0.2) is 92.2 Å². The topological polar surface area (TPSA) is 265 Å². The number of carboxylic acids is 1. The van der Waals surface area contributed by atoms with E-state index < -0.39 is 47.9 Å². The summed E-state index contributed by atoms with van der Waals surface area (Å²) in [5.74, 6) is -2.84. The second kappa shape index (κ2) is 32.8. The quantitative estimate of drug-likeness (QED) is 0.0433.